The molecule has 0 aliphatic carbocycles. The molecule has 0 radical (unpaired) electrons. The Hall–Kier alpha value is -3.03. The minimum atomic E-state index is -0.720. The molecular formula is C17H20N4O4. The third kappa shape index (κ3) is 3.57. The van der Waals surface area contributed by atoms with E-state index >= 15 is 0 Å². The van der Waals surface area contributed by atoms with E-state index in [1.54, 1.807) is 24.3 Å². The van der Waals surface area contributed by atoms with E-state index < -0.39 is 17.1 Å². The van der Waals surface area contributed by atoms with E-state index in [4.69, 9.17) is 4.74 Å². The number of hydrazone groups is 1. The van der Waals surface area contributed by atoms with Crippen LogP contribution in [0.4, 0.5) is 0 Å². The molecule has 0 amide bonds. The summed E-state index contributed by atoms with van der Waals surface area (Å²) in [5.41, 5.74) is -1.04. The van der Waals surface area contributed by atoms with Crippen molar-refractivity contribution in [3.63, 3.8) is 0 Å². The fraction of sp³-hybridized carbons (Fsp3) is 0.353. The lowest BCUT2D eigenvalue weighted by Gasteiger charge is -2.23. The third-order valence-electron chi connectivity index (χ3n) is 4.13. The van der Waals surface area contributed by atoms with E-state index in [1.165, 1.54) is 19.7 Å². The van der Waals surface area contributed by atoms with Gasteiger partial charge in [0.1, 0.15) is 11.3 Å². The van der Waals surface area contributed by atoms with Gasteiger partial charge in [0, 0.05) is 13.1 Å². The van der Waals surface area contributed by atoms with Gasteiger partial charge < -0.3 is 9.84 Å². The van der Waals surface area contributed by atoms with Gasteiger partial charge in [-0.05, 0) is 43.5 Å². The normalized spacial score (nSPS) is 14.8. The van der Waals surface area contributed by atoms with Crippen LogP contribution in [-0.2, 0) is 0 Å². The number of ether oxygens (including phenoxy) is 1. The summed E-state index contributed by atoms with van der Waals surface area (Å²) < 4.78 is 6.11. The number of aromatic hydroxyl groups is 1. The largest absolute Gasteiger partial charge is 0.497 e. The molecule has 1 saturated heterocycles. The Bertz CT molecular complexity index is 877. The van der Waals surface area contributed by atoms with Crippen LogP contribution in [0.2, 0.25) is 0 Å². The van der Waals surface area contributed by atoms with Crippen molar-refractivity contribution in [2.75, 3.05) is 20.2 Å². The molecule has 0 unspecified atom stereocenters. The van der Waals surface area contributed by atoms with Crippen LogP contribution in [0.1, 0.15) is 24.8 Å². The highest BCUT2D eigenvalue weighted by atomic mass is 16.5. The van der Waals surface area contributed by atoms with Gasteiger partial charge in [-0.25, -0.2) is 9.36 Å². The van der Waals surface area contributed by atoms with Crippen molar-refractivity contribution in [3.8, 4) is 17.3 Å². The summed E-state index contributed by atoms with van der Waals surface area (Å²) in [4.78, 5) is 26.4. The highest BCUT2D eigenvalue weighted by Gasteiger charge is 2.15. The lowest BCUT2D eigenvalue weighted by Crippen LogP contribution is -2.32. The molecule has 2 aromatic rings. The number of hydrogen-bond donors (Lipinski definition) is 2. The zero-order chi connectivity index (χ0) is 17.8. The lowest BCUT2D eigenvalue weighted by atomic mass is 10.2. The summed E-state index contributed by atoms with van der Waals surface area (Å²) in [6, 6.07) is 6.55. The van der Waals surface area contributed by atoms with Crippen molar-refractivity contribution < 1.29 is 9.84 Å². The Kier molecular flexibility index (Phi) is 4.87. The Morgan fingerprint density at radius 2 is 1.84 bits per heavy atom. The number of piperidine rings is 1. The highest BCUT2D eigenvalue weighted by Crippen LogP contribution is 2.18. The van der Waals surface area contributed by atoms with E-state index in [1.807, 2.05) is 5.01 Å². The van der Waals surface area contributed by atoms with Crippen molar-refractivity contribution in [1.82, 2.24) is 14.6 Å². The predicted molar refractivity (Wildman–Crippen MR) is 93.9 cm³/mol. The Morgan fingerprint density at radius 1 is 1.16 bits per heavy atom. The fourth-order valence-corrected chi connectivity index (χ4v) is 2.76. The molecule has 0 atom stereocenters. The number of aromatic amines is 1. The molecule has 1 aliphatic heterocycles. The standard InChI is InChI=1S/C17H20N4O4/c1-25-13-7-5-12(6-8-13)21-16(23)14(15(22)19-17(21)24)11-18-20-9-3-2-4-10-20/h5-8,11,23H,2-4,9-10H2,1H3,(H,19,22,24). The van der Waals surface area contributed by atoms with E-state index in [-0.39, 0.29) is 5.56 Å². The van der Waals surface area contributed by atoms with E-state index in [0.29, 0.717) is 11.4 Å². The summed E-state index contributed by atoms with van der Waals surface area (Å²) >= 11 is 0. The number of nitrogens with zero attached hydrogens (tertiary/aromatic N) is 3. The monoisotopic (exact) mass is 344 g/mol. The molecule has 8 heteroatoms. The van der Waals surface area contributed by atoms with Crippen LogP contribution < -0.4 is 16.0 Å². The summed E-state index contributed by atoms with van der Waals surface area (Å²) in [7, 11) is 1.54. The lowest BCUT2D eigenvalue weighted by molar-refractivity contribution is 0.240. The first kappa shape index (κ1) is 16.8. The quantitative estimate of drug-likeness (QED) is 0.808. The summed E-state index contributed by atoms with van der Waals surface area (Å²) in [5.74, 6) is 0.173. The maximum atomic E-state index is 12.1. The number of aromatic nitrogens is 2. The molecule has 0 spiro atoms. The molecule has 3 rings (SSSR count). The van der Waals surface area contributed by atoms with E-state index in [0.717, 1.165) is 30.5 Å². The zero-order valence-corrected chi connectivity index (χ0v) is 13.9. The van der Waals surface area contributed by atoms with Crippen molar-refractivity contribution in [2.45, 2.75) is 19.3 Å². The average molecular weight is 344 g/mol. The number of nitrogens with one attached hydrogen (secondary N) is 1. The van der Waals surface area contributed by atoms with Crippen LogP contribution in [0.25, 0.3) is 5.69 Å². The second-order valence-corrected chi connectivity index (χ2v) is 5.79. The van der Waals surface area contributed by atoms with Crippen LogP contribution in [0.15, 0.2) is 39.0 Å². The molecule has 0 saturated carbocycles. The maximum Gasteiger partial charge on any atom is 0.335 e. The van der Waals surface area contributed by atoms with Gasteiger partial charge in [-0.1, -0.05) is 0 Å². The molecule has 132 valence electrons. The predicted octanol–water partition coefficient (Wildman–Crippen LogP) is 1.06. The number of hydrogen-bond acceptors (Lipinski definition) is 6. The highest BCUT2D eigenvalue weighted by molar-refractivity contribution is 5.82. The number of benzene rings is 1. The van der Waals surface area contributed by atoms with Crippen LogP contribution in [0.3, 0.4) is 0 Å². The molecule has 0 bridgehead atoms. The van der Waals surface area contributed by atoms with E-state index in [9.17, 15) is 14.7 Å². The Balaban J connectivity index is 2.00. The second kappa shape index (κ2) is 7.25. The van der Waals surface area contributed by atoms with Crippen molar-refractivity contribution in [3.05, 3.63) is 50.7 Å². The number of methoxy groups -OCH3 is 1. The second-order valence-electron chi connectivity index (χ2n) is 5.79. The van der Waals surface area contributed by atoms with Gasteiger partial charge in [-0.3, -0.25) is 14.8 Å². The maximum absolute atomic E-state index is 12.1. The molecule has 2 N–H and O–H groups in total. The first-order chi connectivity index (χ1) is 12.1. The Morgan fingerprint density at radius 3 is 2.48 bits per heavy atom. The summed E-state index contributed by atoms with van der Waals surface area (Å²) in [6.45, 7) is 1.63. The van der Waals surface area contributed by atoms with Gasteiger partial charge in [0.2, 0.25) is 5.88 Å². The van der Waals surface area contributed by atoms with Crippen LogP contribution in [0, 0.1) is 0 Å². The first-order valence-corrected chi connectivity index (χ1v) is 8.12. The van der Waals surface area contributed by atoms with E-state index in [2.05, 4.69) is 10.1 Å². The van der Waals surface area contributed by atoms with Gasteiger partial charge >= 0.3 is 5.69 Å². The first-order valence-electron chi connectivity index (χ1n) is 8.12. The third-order valence-corrected chi connectivity index (χ3v) is 4.13. The van der Waals surface area contributed by atoms with Crippen LogP contribution in [0.5, 0.6) is 11.6 Å². The molecule has 2 heterocycles. The summed E-state index contributed by atoms with van der Waals surface area (Å²) in [6.07, 6.45) is 4.56. The fourth-order valence-electron chi connectivity index (χ4n) is 2.76. The van der Waals surface area contributed by atoms with Gasteiger partial charge in [0.25, 0.3) is 5.56 Å². The summed E-state index contributed by atoms with van der Waals surface area (Å²) in [5, 5.41) is 16.6. The van der Waals surface area contributed by atoms with Gasteiger partial charge in [0.15, 0.2) is 0 Å². The molecule has 8 nitrogen and oxygen atoms in total. The molecule has 1 aromatic heterocycles. The topological polar surface area (TPSA) is 99.9 Å². The van der Waals surface area contributed by atoms with Crippen LogP contribution in [-0.4, -0.2) is 46.1 Å². The molecule has 1 aromatic carbocycles. The zero-order valence-electron chi connectivity index (χ0n) is 13.9. The van der Waals surface area contributed by atoms with Crippen LogP contribution >= 0.6 is 0 Å². The number of H-pyrrole nitrogens is 1. The molecule has 1 aliphatic rings. The van der Waals surface area contributed by atoms with Gasteiger partial charge in [0.05, 0.1) is 19.0 Å². The van der Waals surface area contributed by atoms with Crippen molar-refractivity contribution >= 4 is 6.21 Å². The van der Waals surface area contributed by atoms with Crippen molar-refractivity contribution in [2.24, 2.45) is 5.10 Å². The molecule has 1 fully saturated rings. The van der Waals surface area contributed by atoms with Gasteiger partial charge in [-0.15, -0.1) is 0 Å². The Labute approximate surface area is 144 Å². The smallest absolute Gasteiger partial charge is 0.335 e. The van der Waals surface area contributed by atoms with Crippen molar-refractivity contribution in [1.29, 1.82) is 0 Å². The number of rotatable bonds is 4. The average Bonchev–Trinajstić information content (AvgIpc) is 2.62. The minimum absolute atomic E-state index is 0.0546. The molecular weight excluding hydrogens is 324 g/mol. The van der Waals surface area contributed by atoms with Gasteiger partial charge in [-0.2, -0.15) is 5.10 Å². The SMILES string of the molecule is COc1ccc(-n2c(O)c(C=NN3CCCCC3)c(=O)[nH]c2=O)cc1. The minimum Gasteiger partial charge on any atom is -0.497 e. The molecule has 25 heavy (non-hydrogen) atoms.